The van der Waals surface area contributed by atoms with Gasteiger partial charge in [-0.3, -0.25) is 4.57 Å². The van der Waals surface area contributed by atoms with E-state index in [0.29, 0.717) is 24.1 Å². The molecule has 0 aliphatic carbocycles. The van der Waals surface area contributed by atoms with Gasteiger partial charge in [-0.1, -0.05) is 48.5 Å². The van der Waals surface area contributed by atoms with Gasteiger partial charge in [-0.2, -0.15) is 9.97 Å². The van der Waals surface area contributed by atoms with Crippen molar-refractivity contribution in [1.82, 2.24) is 14.5 Å². The number of benzene rings is 3. The predicted octanol–water partition coefficient (Wildman–Crippen LogP) is 4.41. The minimum atomic E-state index is -0.272. The summed E-state index contributed by atoms with van der Waals surface area (Å²) in [7, 11) is 0. The van der Waals surface area contributed by atoms with Crippen molar-refractivity contribution < 1.29 is 4.39 Å². The van der Waals surface area contributed by atoms with Gasteiger partial charge in [-0.25, -0.2) is 9.38 Å². The van der Waals surface area contributed by atoms with Crippen LogP contribution in [0.3, 0.4) is 0 Å². The molecule has 7 heteroatoms. The average molecular weight is 398 g/mol. The summed E-state index contributed by atoms with van der Waals surface area (Å²) >= 11 is 0. The lowest BCUT2D eigenvalue weighted by atomic mass is 10.1. The minimum absolute atomic E-state index is 0.163. The molecule has 1 unspecified atom stereocenters. The van der Waals surface area contributed by atoms with Crippen LogP contribution in [-0.2, 0) is 0 Å². The van der Waals surface area contributed by atoms with Crippen molar-refractivity contribution >= 4 is 23.3 Å². The molecule has 0 radical (unpaired) electrons. The second kappa shape index (κ2) is 7.79. The highest BCUT2D eigenvalue weighted by molar-refractivity contribution is 5.54. The van der Waals surface area contributed by atoms with E-state index in [4.69, 9.17) is 4.99 Å². The van der Waals surface area contributed by atoms with Gasteiger partial charge >= 0.3 is 0 Å². The third-order valence-electron chi connectivity index (χ3n) is 4.88. The third-order valence-corrected chi connectivity index (χ3v) is 4.88. The second-order valence-corrected chi connectivity index (χ2v) is 6.93. The van der Waals surface area contributed by atoms with Gasteiger partial charge in [0, 0.05) is 12.2 Å². The number of nitrogens with zero attached hydrogens (tertiary/aromatic N) is 4. The molecular weight excluding hydrogens is 379 g/mol. The van der Waals surface area contributed by atoms with Crippen molar-refractivity contribution in [3.8, 4) is 0 Å². The van der Waals surface area contributed by atoms with E-state index in [1.54, 1.807) is 6.07 Å². The van der Waals surface area contributed by atoms with Gasteiger partial charge < -0.3 is 10.6 Å². The Hall–Kier alpha value is -4.00. The highest BCUT2D eigenvalue weighted by Gasteiger charge is 2.26. The molecule has 148 valence electrons. The molecule has 1 aromatic heterocycles. The topological polar surface area (TPSA) is 67.1 Å². The molecule has 0 fully saturated rings. The van der Waals surface area contributed by atoms with Crippen LogP contribution in [0.2, 0.25) is 0 Å². The molecule has 5 rings (SSSR count). The number of fused-ring (bicyclic) bond motifs is 1. The molecule has 0 spiro atoms. The zero-order valence-corrected chi connectivity index (χ0v) is 16.0. The van der Waals surface area contributed by atoms with E-state index in [2.05, 4.69) is 20.6 Å². The monoisotopic (exact) mass is 398 g/mol. The number of aromatic nitrogens is 3. The molecule has 0 bridgehead atoms. The summed E-state index contributed by atoms with van der Waals surface area (Å²) in [5.74, 6) is 0.799. The van der Waals surface area contributed by atoms with Gasteiger partial charge in [0.25, 0.3) is 0 Å². The van der Waals surface area contributed by atoms with E-state index in [-0.39, 0.29) is 11.9 Å². The molecule has 1 atom stereocenters. The largest absolute Gasteiger partial charge is 0.353 e. The smallest absolute Gasteiger partial charge is 0.236 e. The Kier molecular flexibility index (Phi) is 4.69. The summed E-state index contributed by atoms with van der Waals surface area (Å²) < 4.78 is 15.8. The first-order valence-corrected chi connectivity index (χ1v) is 9.68. The minimum Gasteiger partial charge on any atom is -0.353 e. The van der Waals surface area contributed by atoms with Crippen LogP contribution < -0.4 is 16.3 Å². The molecule has 0 amide bonds. The van der Waals surface area contributed by atoms with E-state index < -0.39 is 0 Å². The Balaban J connectivity index is 1.65. The first-order valence-electron chi connectivity index (χ1n) is 9.68. The van der Waals surface area contributed by atoms with Gasteiger partial charge in [-0.15, -0.1) is 0 Å². The SMILES string of the molecule is Fc1cccc(C2CNc3nc(Nc4ccccc4)nc(=Nc4ccccc4)n32)c1. The highest BCUT2D eigenvalue weighted by Crippen LogP contribution is 2.27. The third kappa shape index (κ3) is 3.65. The van der Waals surface area contributed by atoms with Crippen LogP contribution >= 0.6 is 0 Å². The van der Waals surface area contributed by atoms with Crippen molar-refractivity contribution in [1.29, 1.82) is 0 Å². The highest BCUT2D eigenvalue weighted by atomic mass is 19.1. The maximum Gasteiger partial charge on any atom is 0.236 e. The maximum absolute atomic E-state index is 13.9. The molecule has 30 heavy (non-hydrogen) atoms. The molecular formula is C23H19FN6. The first-order chi connectivity index (χ1) is 14.8. The van der Waals surface area contributed by atoms with Crippen molar-refractivity contribution in [3.63, 3.8) is 0 Å². The summed E-state index contributed by atoms with van der Waals surface area (Å²) in [5.41, 5.74) is 2.99. The van der Waals surface area contributed by atoms with Crippen LogP contribution in [0.5, 0.6) is 0 Å². The Bertz CT molecular complexity index is 1240. The zero-order chi connectivity index (χ0) is 20.3. The fraction of sp³-hybridized carbons (Fsp3) is 0.0870. The molecule has 4 aromatic rings. The molecule has 2 heterocycles. The van der Waals surface area contributed by atoms with Gasteiger partial charge in [0.05, 0.1) is 11.7 Å². The standard InChI is InChI=1S/C23H19FN6/c24-17-9-7-8-16(14-17)20-15-25-22-28-21(26-18-10-3-1-4-11-18)29-23(30(20)22)27-19-12-5-2-6-13-19/h1-14,20H,15H2,(H2,25,26,27,28,29). The van der Waals surface area contributed by atoms with Crippen LogP contribution in [0.1, 0.15) is 11.6 Å². The lowest BCUT2D eigenvalue weighted by molar-refractivity contribution is 0.594. The summed E-state index contributed by atoms with van der Waals surface area (Å²) in [6.07, 6.45) is 0. The van der Waals surface area contributed by atoms with E-state index in [9.17, 15) is 4.39 Å². The average Bonchev–Trinajstić information content (AvgIpc) is 3.20. The number of para-hydroxylation sites is 2. The van der Waals surface area contributed by atoms with E-state index >= 15 is 0 Å². The summed E-state index contributed by atoms with van der Waals surface area (Å²) in [5, 5.41) is 6.54. The summed E-state index contributed by atoms with van der Waals surface area (Å²) in [6, 6.07) is 25.8. The first kappa shape index (κ1) is 18.1. The molecule has 1 aliphatic heterocycles. The Labute approximate surface area is 172 Å². The van der Waals surface area contributed by atoms with Crippen molar-refractivity contribution in [2.24, 2.45) is 4.99 Å². The lowest BCUT2D eigenvalue weighted by Crippen LogP contribution is -2.28. The molecule has 0 saturated heterocycles. The Morgan fingerprint density at radius 2 is 1.70 bits per heavy atom. The molecule has 6 nitrogen and oxygen atoms in total. The summed E-state index contributed by atoms with van der Waals surface area (Å²) in [4.78, 5) is 14.0. The van der Waals surface area contributed by atoms with Gasteiger partial charge in [0.1, 0.15) is 5.82 Å². The number of hydrogen-bond acceptors (Lipinski definition) is 5. The number of hydrogen-bond donors (Lipinski definition) is 2. The van der Waals surface area contributed by atoms with Crippen LogP contribution in [0, 0.1) is 5.82 Å². The quantitative estimate of drug-likeness (QED) is 0.534. The number of rotatable bonds is 4. The zero-order valence-electron chi connectivity index (χ0n) is 16.0. The van der Waals surface area contributed by atoms with Crippen molar-refractivity contribution in [2.75, 3.05) is 17.2 Å². The van der Waals surface area contributed by atoms with Crippen molar-refractivity contribution in [2.45, 2.75) is 6.04 Å². The number of anilines is 3. The van der Waals surface area contributed by atoms with E-state index in [1.807, 2.05) is 71.3 Å². The Morgan fingerprint density at radius 1 is 0.933 bits per heavy atom. The van der Waals surface area contributed by atoms with Crippen molar-refractivity contribution in [3.05, 3.63) is 102 Å². The van der Waals surface area contributed by atoms with Crippen LogP contribution in [-0.4, -0.2) is 21.1 Å². The molecule has 3 aromatic carbocycles. The molecule has 2 N–H and O–H groups in total. The maximum atomic E-state index is 13.9. The Morgan fingerprint density at radius 3 is 2.47 bits per heavy atom. The fourth-order valence-electron chi connectivity index (χ4n) is 3.50. The summed E-state index contributed by atoms with van der Waals surface area (Å²) in [6.45, 7) is 0.574. The van der Waals surface area contributed by atoms with Crippen LogP contribution in [0.4, 0.5) is 27.7 Å². The van der Waals surface area contributed by atoms with Gasteiger partial charge in [0.2, 0.25) is 17.5 Å². The van der Waals surface area contributed by atoms with Crippen LogP contribution in [0.15, 0.2) is 89.9 Å². The van der Waals surface area contributed by atoms with Gasteiger partial charge in [0.15, 0.2) is 0 Å². The van der Waals surface area contributed by atoms with E-state index in [0.717, 1.165) is 16.9 Å². The predicted molar refractivity (Wildman–Crippen MR) is 114 cm³/mol. The van der Waals surface area contributed by atoms with E-state index in [1.165, 1.54) is 12.1 Å². The normalized spacial score (nSPS) is 15.5. The second-order valence-electron chi connectivity index (χ2n) is 6.93. The molecule has 1 aliphatic rings. The van der Waals surface area contributed by atoms with Crippen LogP contribution in [0.25, 0.3) is 0 Å². The number of halogens is 1. The van der Waals surface area contributed by atoms with Gasteiger partial charge in [-0.05, 0) is 42.0 Å². The fourth-order valence-corrected chi connectivity index (χ4v) is 3.50. The molecule has 0 saturated carbocycles. The number of nitrogens with one attached hydrogen (secondary N) is 2. The lowest BCUT2D eigenvalue weighted by Gasteiger charge is -2.15.